The molecule has 4 nitrogen and oxygen atoms in total. The maximum absolute atomic E-state index is 13.0. The molecule has 0 N–H and O–H groups in total. The standard InChI is InChI=1S/C27H27N3O/c1-18-7-6-8-21(14-18)16-30-25-10-5-4-9-23(25)28-27(30)22-15-26(31)29(17-22)24-12-11-19(2)13-20(24)3/h4-14,22H,15-17H2,1-3H3/t22-/m1/s1. The Balaban J connectivity index is 1.53. The van der Waals surface area contributed by atoms with E-state index in [-0.39, 0.29) is 11.8 Å². The average molecular weight is 410 g/mol. The van der Waals surface area contributed by atoms with Gasteiger partial charge in [-0.15, -0.1) is 0 Å². The van der Waals surface area contributed by atoms with Crippen molar-refractivity contribution in [3.05, 3.63) is 94.8 Å². The van der Waals surface area contributed by atoms with Crippen LogP contribution < -0.4 is 4.90 Å². The number of carbonyl (C=O) groups excluding carboxylic acids is 1. The molecule has 4 aromatic rings. The minimum Gasteiger partial charge on any atom is -0.323 e. The Kier molecular flexibility index (Phi) is 4.85. The molecule has 1 amide bonds. The van der Waals surface area contributed by atoms with Gasteiger partial charge < -0.3 is 9.47 Å². The minimum atomic E-state index is 0.0745. The molecule has 0 spiro atoms. The van der Waals surface area contributed by atoms with Gasteiger partial charge in [-0.1, -0.05) is 59.7 Å². The molecular weight excluding hydrogens is 382 g/mol. The van der Waals surface area contributed by atoms with Crippen molar-refractivity contribution in [1.82, 2.24) is 9.55 Å². The van der Waals surface area contributed by atoms with E-state index in [1.165, 1.54) is 16.7 Å². The molecule has 1 aliphatic heterocycles. The predicted octanol–water partition coefficient (Wildman–Crippen LogP) is 5.53. The van der Waals surface area contributed by atoms with Crippen LogP contribution in [0.15, 0.2) is 66.7 Å². The number of amides is 1. The molecule has 5 rings (SSSR count). The fraction of sp³-hybridized carbons (Fsp3) is 0.259. The summed E-state index contributed by atoms with van der Waals surface area (Å²) in [6.07, 6.45) is 0.491. The summed E-state index contributed by atoms with van der Waals surface area (Å²) in [4.78, 5) is 20.0. The van der Waals surface area contributed by atoms with Gasteiger partial charge in [0.2, 0.25) is 5.91 Å². The van der Waals surface area contributed by atoms with Crippen molar-refractivity contribution in [3.63, 3.8) is 0 Å². The molecule has 3 aromatic carbocycles. The maximum Gasteiger partial charge on any atom is 0.227 e. The maximum atomic E-state index is 13.0. The number of hydrogen-bond acceptors (Lipinski definition) is 2. The van der Waals surface area contributed by atoms with Crippen molar-refractivity contribution in [2.75, 3.05) is 11.4 Å². The second-order valence-corrected chi connectivity index (χ2v) is 8.73. The van der Waals surface area contributed by atoms with Crippen molar-refractivity contribution < 1.29 is 4.79 Å². The molecular formula is C27H27N3O. The monoisotopic (exact) mass is 409 g/mol. The van der Waals surface area contributed by atoms with Crippen molar-refractivity contribution in [3.8, 4) is 0 Å². The van der Waals surface area contributed by atoms with Crippen LogP contribution in [-0.4, -0.2) is 22.0 Å². The van der Waals surface area contributed by atoms with Crippen molar-refractivity contribution in [2.24, 2.45) is 0 Å². The van der Waals surface area contributed by atoms with Gasteiger partial charge in [-0.25, -0.2) is 4.98 Å². The molecule has 1 fully saturated rings. The van der Waals surface area contributed by atoms with Gasteiger partial charge in [0.25, 0.3) is 0 Å². The number of fused-ring (bicyclic) bond motifs is 1. The first-order valence-electron chi connectivity index (χ1n) is 10.9. The second kappa shape index (κ2) is 7.69. The van der Waals surface area contributed by atoms with Crippen molar-refractivity contribution >= 4 is 22.6 Å². The van der Waals surface area contributed by atoms with Crippen LogP contribution in [0.2, 0.25) is 0 Å². The van der Waals surface area contributed by atoms with Crippen LogP contribution in [0.4, 0.5) is 5.69 Å². The summed E-state index contributed by atoms with van der Waals surface area (Å²) in [6, 6.07) is 23.2. The Bertz CT molecular complexity index is 1290. The van der Waals surface area contributed by atoms with Crippen LogP contribution in [0.5, 0.6) is 0 Å². The number of benzene rings is 3. The minimum absolute atomic E-state index is 0.0745. The fourth-order valence-corrected chi connectivity index (χ4v) is 4.79. The number of rotatable bonds is 4. The van der Waals surface area contributed by atoms with Gasteiger partial charge in [0.05, 0.1) is 11.0 Å². The Labute approximate surface area is 183 Å². The second-order valence-electron chi connectivity index (χ2n) is 8.73. The number of nitrogens with zero attached hydrogens (tertiary/aromatic N) is 3. The first-order valence-corrected chi connectivity index (χ1v) is 10.9. The van der Waals surface area contributed by atoms with E-state index in [4.69, 9.17) is 4.98 Å². The first kappa shape index (κ1) is 19.6. The highest BCUT2D eigenvalue weighted by molar-refractivity contribution is 5.97. The largest absolute Gasteiger partial charge is 0.323 e. The Morgan fingerprint density at radius 3 is 2.55 bits per heavy atom. The molecule has 31 heavy (non-hydrogen) atoms. The van der Waals surface area contributed by atoms with Crippen LogP contribution in [0.1, 0.15) is 40.4 Å². The molecule has 4 heteroatoms. The van der Waals surface area contributed by atoms with E-state index in [2.05, 4.69) is 86.0 Å². The van der Waals surface area contributed by atoms with Crippen LogP contribution in [0.3, 0.4) is 0 Å². The van der Waals surface area contributed by atoms with Gasteiger partial charge in [-0.2, -0.15) is 0 Å². The first-order chi connectivity index (χ1) is 15.0. The Morgan fingerprint density at radius 2 is 1.74 bits per heavy atom. The molecule has 1 aliphatic rings. The summed E-state index contributed by atoms with van der Waals surface area (Å²) >= 11 is 0. The molecule has 1 aromatic heterocycles. The van der Waals surface area contributed by atoms with Crippen LogP contribution in [-0.2, 0) is 11.3 Å². The zero-order chi connectivity index (χ0) is 21.5. The van der Waals surface area contributed by atoms with E-state index in [0.29, 0.717) is 13.0 Å². The van der Waals surface area contributed by atoms with E-state index in [0.717, 1.165) is 34.7 Å². The fourth-order valence-electron chi connectivity index (χ4n) is 4.79. The van der Waals surface area contributed by atoms with Gasteiger partial charge in [-0.05, 0) is 50.1 Å². The third-order valence-corrected chi connectivity index (χ3v) is 6.24. The molecule has 1 saturated heterocycles. The molecule has 0 radical (unpaired) electrons. The van der Waals surface area contributed by atoms with Gasteiger partial charge in [0.15, 0.2) is 0 Å². The van der Waals surface area contributed by atoms with Crippen LogP contribution in [0.25, 0.3) is 11.0 Å². The lowest BCUT2D eigenvalue weighted by molar-refractivity contribution is -0.117. The van der Waals surface area contributed by atoms with Gasteiger partial charge in [-0.3, -0.25) is 4.79 Å². The van der Waals surface area contributed by atoms with Crippen molar-refractivity contribution in [2.45, 2.75) is 39.7 Å². The zero-order valence-corrected chi connectivity index (χ0v) is 18.3. The summed E-state index contributed by atoms with van der Waals surface area (Å²) in [6.45, 7) is 7.70. The van der Waals surface area contributed by atoms with E-state index < -0.39 is 0 Å². The summed E-state index contributed by atoms with van der Waals surface area (Å²) in [5, 5.41) is 0. The van der Waals surface area contributed by atoms with Crippen molar-refractivity contribution in [1.29, 1.82) is 0 Å². The summed E-state index contributed by atoms with van der Waals surface area (Å²) in [5.74, 6) is 1.25. The predicted molar refractivity (Wildman–Crippen MR) is 126 cm³/mol. The molecule has 0 bridgehead atoms. The highest BCUT2D eigenvalue weighted by Gasteiger charge is 2.35. The molecule has 2 heterocycles. The molecule has 0 unspecified atom stereocenters. The van der Waals surface area contributed by atoms with Crippen LogP contribution >= 0.6 is 0 Å². The lowest BCUT2D eigenvalue weighted by atomic mass is 10.1. The SMILES string of the molecule is Cc1cccc(Cn2c([C@@H]3CC(=O)N(c4ccc(C)cc4C)C3)nc3ccccc32)c1. The molecule has 1 atom stereocenters. The lowest BCUT2D eigenvalue weighted by Gasteiger charge is -2.20. The quantitative estimate of drug-likeness (QED) is 0.444. The summed E-state index contributed by atoms with van der Waals surface area (Å²) in [7, 11) is 0. The number of imidazole rings is 1. The number of aryl methyl sites for hydroxylation is 3. The van der Waals surface area contributed by atoms with Crippen LogP contribution in [0, 0.1) is 20.8 Å². The summed E-state index contributed by atoms with van der Waals surface area (Å²) in [5.41, 5.74) is 7.98. The smallest absolute Gasteiger partial charge is 0.227 e. The average Bonchev–Trinajstić information content (AvgIpc) is 3.29. The van der Waals surface area contributed by atoms with Gasteiger partial charge in [0.1, 0.15) is 5.82 Å². The number of carbonyl (C=O) groups is 1. The van der Waals surface area contributed by atoms with E-state index >= 15 is 0 Å². The normalized spacial score (nSPS) is 16.4. The third-order valence-electron chi connectivity index (χ3n) is 6.24. The molecule has 0 saturated carbocycles. The number of hydrogen-bond donors (Lipinski definition) is 0. The Hall–Kier alpha value is -3.40. The highest BCUT2D eigenvalue weighted by Crippen LogP contribution is 2.35. The van der Waals surface area contributed by atoms with E-state index in [1.54, 1.807) is 0 Å². The van der Waals surface area contributed by atoms with Gasteiger partial charge >= 0.3 is 0 Å². The van der Waals surface area contributed by atoms with E-state index in [1.807, 2.05) is 11.0 Å². The topological polar surface area (TPSA) is 38.1 Å². The van der Waals surface area contributed by atoms with Gasteiger partial charge in [0, 0.05) is 31.1 Å². The number of para-hydroxylation sites is 2. The Morgan fingerprint density at radius 1 is 0.935 bits per heavy atom. The third kappa shape index (κ3) is 3.63. The molecule has 156 valence electrons. The summed E-state index contributed by atoms with van der Waals surface area (Å²) < 4.78 is 2.30. The molecule has 0 aliphatic carbocycles. The zero-order valence-electron chi connectivity index (χ0n) is 18.3. The number of aromatic nitrogens is 2. The number of anilines is 1. The van der Waals surface area contributed by atoms with E-state index in [9.17, 15) is 4.79 Å². The highest BCUT2D eigenvalue weighted by atomic mass is 16.2. The lowest BCUT2D eigenvalue weighted by Crippen LogP contribution is -2.25.